The quantitative estimate of drug-likeness (QED) is 0.324. The average Bonchev–Trinajstić information content (AvgIpc) is 2.72. The van der Waals surface area contributed by atoms with Gasteiger partial charge in [-0.2, -0.15) is 0 Å². The van der Waals surface area contributed by atoms with E-state index in [1.54, 1.807) is 44.2 Å². The fourth-order valence-electron chi connectivity index (χ4n) is 3.67. The maximum absolute atomic E-state index is 13.4. The third-order valence-electron chi connectivity index (χ3n) is 5.51. The smallest absolute Gasteiger partial charge is 0.225 e. The molecule has 0 fully saturated rings. The Kier molecular flexibility index (Phi) is 6.67. The highest BCUT2D eigenvalue weighted by molar-refractivity contribution is 7.71. The van der Waals surface area contributed by atoms with Crippen molar-refractivity contribution < 1.29 is 14.2 Å². The maximum atomic E-state index is 13.4. The molecule has 3 aromatic carbocycles. The molecule has 3 nitrogen and oxygen atoms in total. The summed E-state index contributed by atoms with van der Waals surface area (Å²) in [4.78, 5) is 26.2. The van der Waals surface area contributed by atoms with Crippen LogP contribution in [0.2, 0.25) is 10.0 Å². The summed E-state index contributed by atoms with van der Waals surface area (Å²) in [7, 11) is -2.92. The Morgan fingerprint density at radius 2 is 1.20 bits per heavy atom. The molecular formula is C24H21Cl2O3P. The van der Waals surface area contributed by atoms with Gasteiger partial charge in [0.1, 0.15) is 0 Å². The third kappa shape index (κ3) is 3.90. The Balaban J connectivity index is 2.15. The van der Waals surface area contributed by atoms with Crippen LogP contribution in [0.25, 0.3) is 0 Å². The second-order valence-electron chi connectivity index (χ2n) is 7.20. The first-order valence-electron chi connectivity index (χ1n) is 9.40. The Hall–Kier alpha value is -2.19. The Bertz CT molecular complexity index is 1150. The lowest BCUT2D eigenvalue weighted by Gasteiger charge is -2.20. The average molecular weight is 459 g/mol. The Morgan fingerprint density at radius 1 is 0.700 bits per heavy atom. The first-order valence-corrected chi connectivity index (χ1v) is 11.6. The molecule has 0 saturated heterocycles. The van der Waals surface area contributed by atoms with Crippen molar-refractivity contribution in [3.8, 4) is 0 Å². The summed E-state index contributed by atoms with van der Waals surface area (Å²) in [5.41, 5.74) is 3.46. The highest BCUT2D eigenvalue weighted by Gasteiger charge is 2.28. The zero-order valence-corrected chi connectivity index (χ0v) is 19.6. The SMILES string of the molecule is Cc1c(C)c([PH](=O)C(=O)c2c(Cl)cccc2Cl)c(C)c(C)c1C(=O)c1ccccc1. The van der Waals surface area contributed by atoms with E-state index in [2.05, 4.69) is 0 Å². The number of carbonyl (C=O) groups is 2. The molecule has 0 radical (unpaired) electrons. The molecule has 30 heavy (non-hydrogen) atoms. The summed E-state index contributed by atoms with van der Waals surface area (Å²) in [6.07, 6.45) is 0. The molecule has 0 spiro atoms. The molecule has 0 saturated carbocycles. The molecule has 0 aromatic heterocycles. The van der Waals surface area contributed by atoms with Crippen LogP contribution < -0.4 is 5.30 Å². The number of hydrogen-bond acceptors (Lipinski definition) is 3. The number of hydrogen-bond donors (Lipinski definition) is 0. The fraction of sp³-hybridized carbons (Fsp3) is 0.167. The lowest BCUT2D eigenvalue weighted by atomic mass is 9.89. The van der Waals surface area contributed by atoms with E-state index in [0.717, 1.165) is 11.1 Å². The summed E-state index contributed by atoms with van der Waals surface area (Å²) >= 11 is 12.3. The largest absolute Gasteiger partial charge is 0.313 e. The molecule has 6 heteroatoms. The van der Waals surface area contributed by atoms with Crippen LogP contribution in [0.5, 0.6) is 0 Å². The molecule has 0 aliphatic carbocycles. The summed E-state index contributed by atoms with van der Waals surface area (Å²) in [6.45, 7) is 7.24. The van der Waals surface area contributed by atoms with Gasteiger partial charge in [-0.1, -0.05) is 59.6 Å². The Morgan fingerprint density at radius 3 is 1.70 bits per heavy atom. The molecule has 0 aliphatic rings. The van der Waals surface area contributed by atoms with Crippen LogP contribution in [-0.2, 0) is 4.57 Å². The standard InChI is InChI=1S/C24H21Cl2O3P/c1-13-15(3)23(30(29)24(28)21-18(25)11-8-12-19(21)26)16(4)14(2)20(13)22(27)17-9-6-5-7-10-17/h5-12,30H,1-4H3. The number of rotatable bonds is 5. The molecule has 1 atom stereocenters. The molecule has 1 unspecified atom stereocenters. The minimum atomic E-state index is -2.92. The van der Waals surface area contributed by atoms with Crippen molar-refractivity contribution in [2.75, 3.05) is 0 Å². The molecule has 0 N–H and O–H groups in total. The van der Waals surface area contributed by atoms with Crippen molar-refractivity contribution in [1.82, 2.24) is 0 Å². The van der Waals surface area contributed by atoms with Crippen molar-refractivity contribution in [2.24, 2.45) is 0 Å². The van der Waals surface area contributed by atoms with Gasteiger partial charge in [-0.15, -0.1) is 0 Å². The van der Waals surface area contributed by atoms with Crippen LogP contribution in [0.4, 0.5) is 0 Å². The van der Waals surface area contributed by atoms with Gasteiger partial charge in [-0.25, -0.2) is 0 Å². The van der Waals surface area contributed by atoms with Gasteiger partial charge in [-0.05, 0) is 62.1 Å². The summed E-state index contributed by atoms with van der Waals surface area (Å²) in [5.74, 6) is -0.0940. The molecule has 0 bridgehead atoms. The first-order chi connectivity index (χ1) is 14.2. The Labute approximate surface area is 186 Å². The van der Waals surface area contributed by atoms with Gasteiger partial charge in [0.2, 0.25) is 5.52 Å². The van der Waals surface area contributed by atoms with Gasteiger partial charge in [0.15, 0.2) is 13.6 Å². The van der Waals surface area contributed by atoms with Gasteiger partial charge in [0, 0.05) is 16.4 Å². The lowest BCUT2D eigenvalue weighted by molar-refractivity contribution is 0.103. The van der Waals surface area contributed by atoms with Crippen LogP contribution in [0, 0.1) is 27.7 Å². The van der Waals surface area contributed by atoms with Crippen molar-refractivity contribution in [3.05, 3.63) is 97.5 Å². The topological polar surface area (TPSA) is 51.2 Å². The monoisotopic (exact) mass is 458 g/mol. The number of ketones is 1. The van der Waals surface area contributed by atoms with Crippen LogP contribution in [-0.4, -0.2) is 11.3 Å². The predicted molar refractivity (Wildman–Crippen MR) is 125 cm³/mol. The van der Waals surface area contributed by atoms with Crippen molar-refractivity contribution in [2.45, 2.75) is 27.7 Å². The second kappa shape index (κ2) is 8.89. The van der Waals surface area contributed by atoms with Crippen LogP contribution >= 0.6 is 31.0 Å². The predicted octanol–water partition coefficient (Wildman–Crippen LogP) is 6.48. The lowest BCUT2D eigenvalue weighted by Crippen LogP contribution is -2.19. The van der Waals surface area contributed by atoms with Gasteiger partial charge in [-0.3, -0.25) is 9.59 Å². The van der Waals surface area contributed by atoms with Gasteiger partial charge >= 0.3 is 0 Å². The maximum Gasteiger partial charge on any atom is 0.225 e. The zero-order chi connectivity index (χ0) is 22.2. The highest BCUT2D eigenvalue weighted by atomic mass is 35.5. The van der Waals surface area contributed by atoms with E-state index in [4.69, 9.17) is 23.2 Å². The van der Waals surface area contributed by atoms with E-state index >= 15 is 0 Å². The van der Waals surface area contributed by atoms with E-state index < -0.39 is 13.3 Å². The minimum Gasteiger partial charge on any atom is -0.313 e. The summed E-state index contributed by atoms with van der Waals surface area (Å²) in [5, 5.41) is 0.816. The molecular weight excluding hydrogens is 438 g/mol. The van der Waals surface area contributed by atoms with Gasteiger partial charge < -0.3 is 4.57 Å². The number of benzene rings is 3. The van der Waals surface area contributed by atoms with Gasteiger partial charge in [0.25, 0.3) is 0 Å². The number of halogens is 2. The number of carbonyl (C=O) groups excluding carboxylic acids is 2. The summed E-state index contributed by atoms with van der Waals surface area (Å²) in [6, 6.07) is 13.8. The van der Waals surface area contributed by atoms with Crippen LogP contribution in [0.15, 0.2) is 48.5 Å². The van der Waals surface area contributed by atoms with Crippen LogP contribution in [0.3, 0.4) is 0 Å². The highest BCUT2D eigenvalue weighted by Crippen LogP contribution is 2.38. The molecule has 3 rings (SSSR count). The molecule has 154 valence electrons. The minimum absolute atomic E-state index is 0.0725. The van der Waals surface area contributed by atoms with E-state index in [9.17, 15) is 14.2 Å². The van der Waals surface area contributed by atoms with Crippen LogP contribution in [0.1, 0.15) is 48.5 Å². The van der Waals surface area contributed by atoms with Crippen molar-refractivity contribution >= 4 is 47.6 Å². The fourth-order valence-corrected chi connectivity index (χ4v) is 6.18. The summed E-state index contributed by atoms with van der Waals surface area (Å²) < 4.78 is 13.4. The van der Waals surface area contributed by atoms with E-state index in [0.29, 0.717) is 27.6 Å². The van der Waals surface area contributed by atoms with Crippen molar-refractivity contribution in [3.63, 3.8) is 0 Å². The second-order valence-corrected chi connectivity index (χ2v) is 9.63. The van der Waals surface area contributed by atoms with Gasteiger partial charge in [0.05, 0.1) is 15.6 Å². The third-order valence-corrected chi connectivity index (χ3v) is 8.01. The molecule has 0 amide bonds. The van der Waals surface area contributed by atoms with E-state index in [1.807, 2.05) is 32.0 Å². The van der Waals surface area contributed by atoms with Crippen molar-refractivity contribution in [1.29, 1.82) is 0 Å². The van der Waals surface area contributed by atoms with E-state index in [1.165, 1.54) is 0 Å². The molecule has 0 aliphatic heterocycles. The normalized spacial score (nSPS) is 11.9. The molecule has 0 heterocycles. The first kappa shape index (κ1) is 22.5. The zero-order valence-electron chi connectivity index (χ0n) is 17.1. The molecule has 3 aromatic rings. The van der Waals surface area contributed by atoms with E-state index in [-0.39, 0.29) is 21.4 Å².